The van der Waals surface area contributed by atoms with Crippen molar-refractivity contribution in [3.8, 4) is 28.5 Å². The normalized spacial score (nSPS) is 13.3. The fourth-order valence-corrected chi connectivity index (χ4v) is 6.13. The summed E-state index contributed by atoms with van der Waals surface area (Å²) in [6, 6.07) is 21.6. The number of benzene rings is 3. The predicted molar refractivity (Wildman–Crippen MR) is 146 cm³/mol. The van der Waals surface area contributed by atoms with Gasteiger partial charge in [0.15, 0.2) is 6.20 Å². The van der Waals surface area contributed by atoms with Crippen molar-refractivity contribution in [1.29, 1.82) is 5.26 Å². The number of aryl methyl sites for hydroxylation is 2. The number of nitrogens with zero attached hydrogens (tertiary/aromatic N) is 2. The van der Waals surface area contributed by atoms with Gasteiger partial charge in [-0.2, -0.15) is 5.26 Å². The first-order valence-electron chi connectivity index (χ1n) is 13.0. The number of aromatic nitrogens is 1. The van der Waals surface area contributed by atoms with Gasteiger partial charge in [0, 0.05) is 28.5 Å². The lowest BCUT2D eigenvalue weighted by Gasteiger charge is -2.25. The van der Waals surface area contributed by atoms with Gasteiger partial charge in [-0.05, 0) is 84.5 Å². The Balaban J connectivity index is 1.71. The molecule has 0 saturated carbocycles. The van der Waals surface area contributed by atoms with Gasteiger partial charge in [0.25, 0.3) is 0 Å². The minimum atomic E-state index is 0.487. The van der Waals surface area contributed by atoms with Gasteiger partial charge in [-0.25, -0.2) is 4.57 Å². The summed E-state index contributed by atoms with van der Waals surface area (Å²) in [5, 5.41) is 12.3. The van der Waals surface area contributed by atoms with Crippen molar-refractivity contribution in [3.63, 3.8) is 0 Å². The van der Waals surface area contributed by atoms with Crippen LogP contribution in [0.3, 0.4) is 0 Å². The summed E-state index contributed by atoms with van der Waals surface area (Å²) in [7, 11) is 2.07. The smallest absolute Gasteiger partial charge is 0.216 e. The van der Waals surface area contributed by atoms with E-state index in [1.54, 1.807) is 0 Å². The van der Waals surface area contributed by atoms with Gasteiger partial charge in [-0.15, -0.1) is 0 Å². The Kier molecular flexibility index (Phi) is 5.41. The number of hydrogen-bond acceptors (Lipinski definition) is 2. The highest BCUT2D eigenvalue weighted by Crippen LogP contribution is 2.44. The molecule has 6 rings (SSSR count). The molecule has 0 atom stereocenters. The van der Waals surface area contributed by atoms with Crippen LogP contribution >= 0.6 is 0 Å². The van der Waals surface area contributed by atoms with E-state index in [1.165, 1.54) is 40.7 Å². The van der Waals surface area contributed by atoms with Crippen LogP contribution in [0.4, 0.5) is 0 Å². The standard InChI is InChI=1S/C33H31N2O/c1-20(2)23-16-17-26(25-10-6-5-9-24(23)25)31-22(19-34)13-15-28-27-14-12-21(3)30(32(27)36-33(28)31)29-11-7-8-18-35(29)4/h7-8,11-18,20H,5-6,9-10H2,1-4H3/q+1. The largest absolute Gasteiger partial charge is 0.454 e. The highest BCUT2D eigenvalue weighted by molar-refractivity contribution is 6.14. The Morgan fingerprint density at radius 2 is 1.58 bits per heavy atom. The number of furan rings is 1. The molecule has 3 heteroatoms. The molecule has 0 spiro atoms. The van der Waals surface area contributed by atoms with Gasteiger partial charge in [0.1, 0.15) is 18.2 Å². The van der Waals surface area contributed by atoms with Crippen molar-refractivity contribution < 1.29 is 8.98 Å². The molecule has 1 aliphatic carbocycles. The SMILES string of the molecule is Cc1ccc2c(oc3c(-c4ccc(C(C)C)c5c4CCCC5)c(C#N)ccc32)c1-c1cccc[n+]1C. The molecule has 0 fully saturated rings. The quantitative estimate of drug-likeness (QED) is 0.251. The zero-order chi connectivity index (χ0) is 25.0. The third kappa shape index (κ3) is 3.36. The first-order chi connectivity index (χ1) is 17.5. The van der Waals surface area contributed by atoms with Crippen molar-refractivity contribution in [2.24, 2.45) is 7.05 Å². The van der Waals surface area contributed by atoms with Crippen LogP contribution in [-0.2, 0) is 19.9 Å². The molecule has 0 N–H and O–H groups in total. The van der Waals surface area contributed by atoms with Crippen LogP contribution in [0, 0.1) is 18.3 Å². The molecule has 1 aliphatic rings. The fourth-order valence-electron chi connectivity index (χ4n) is 6.13. The molecule has 178 valence electrons. The van der Waals surface area contributed by atoms with Gasteiger partial charge in [-0.3, -0.25) is 0 Å². The van der Waals surface area contributed by atoms with Crippen LogP contribution in [0.5, 0.6) is 0 Å². The van der Waals surface area contributed by atoms with E-state index < -0.39 is 0 Å². The average molecular weight is 472 g/mol. The maximum Gasteiger partial charge on any atom is 0.216 e. The lowest BCUT2D eigenvalue weighted by atomic mass is 9.80. The Hall–Kier alpha value is -3.90. The summed E-state index contributed by atoms with van der Waals surface area (Å²) in [5.41, 5.74) is 12.2. The van der Waals surface area contributed by atoms with Crippen molar-refractivity contribution in [1.82, 2.24) is 0 Å². The summed E-state index contributed by atoms with van der Waals surface area (Å²) in [5.74, 6) is 0.487. The summed E-state index contributed by atoms with van der Waals surface area (Å²) in [6.45, 7) is 6.69. The zero-order valence-corrected chi connectivity index (χ0v) is 21.5. The van der Waals surface area contributed by atoms with E-state index in [4.69, 9.17) is 4.42 Å². The first kappa shape index (κ1) is 22.6. The Bertz CT molecular complexity index is 1700. The molecule has 5 aromatic rings. The predicted octanol–water partition coefficient (Wildman–Crippen LogP) is 7.93. The average Bonchev–Trinajstić information content (AvgIpc) is 3.26. The number of rotatable bonds is 3. The molecular formula is C33H31N2O+. The van der Waals surface area contributed by atoms with Crippen LogP contribution in [0.2, 0.25) is 0 Å². The van der Waals surface area contributed by atoms with E-state index >= 15 is 0 Å². The minimum absolute atomic E-state index is 0.487. The van der Waals surface area contributed by atoms with E-state index in [1.807, 2.05) is 12.1 Å². The van der Waals surface area contributed by atoms with Gasteiger partial charge in [-0.1, -0.05) is 38.1 Å². The third-order valence-corrected chi connectivity index (χ3v) is 7.91. The van der Waals surface area contributed by atoms with Gasteiger partial charge in [0.05, 0.1) is 17.2 Å². The minimum Gasteiger partial charge on any atom is -0.454 e. The van der Waals surface area contributed by atoms with E-state index in [-0.39, 0.29) is 0 Å². The van der Waals surface area contributed by atoms with Gasteiger partial charge >= 0.3 is 0 Å². The van der Waals surface area contributed by atoms with E-state index in [0.29, 0.717) is 11.5 Å². The van der Waals surface area contributed by atoms with Crippen molar-refractivity contribution >= 4 is 21.9 Å². The fraction of sp³-hybridized carbons (Fsp3) is 0.273. The molecule has 0 bridgehead atoms. The topological polar surface area (TPSA) is 40.8 Å². The van der Waals surface area contributed by atoms with Gasteiger partial charge in [0.2, 0.25) is 5.69 Å². The number of pyridine rings is 1. The number of hydrogen-bond donors (Lipinski definition) is 0. The van der Waals surface area contributed by atoms with Crippen LogP contribution in [0.25, 0.3) is 44.3 Å². The summed E-state index contributed by atoms with van der Waals surface area (Å²) in [4.78, 5) is 0. The second-order valence-corrected chi connectivity index (χ2v) is 10.4. The summed E-state index contributed by atoms with van der Waals surface area (Å²) in [6.07, 6.45) is 6.65. The van der Waals surface area contributed by atoms with Gasteiger partial charge < -0.3 is 4.42 Å². The molecule has 0 amide bonds. The van der Waals surface area contributed by atoms with Crippen LogP contribution < -0.4 is 4.57 Å². The van der Waals surface area contributed by atoms with E-state index in [0.717, 1.165) is 51.6 Å². The summed E-state index contributed by atoms with van der Waals surface area (Å²) >= 11 is 0. The molecule has 3 aromatic carbocycles. The van der Waals surface area contributed by atoms with Crippen LogP contribution in [-0.4, -0.2) is 0 Å². The maximum atomic E-state index is 10.2. The summed E-state index contributed by atoms with van der Waals surface area (Å²) < 4.78 is 8.94. The first-order valence-corrected chi connectivity index (χ1v) is 13.0. The van der Waals surface area contributed by atoms with Crippen molar-refractivity contribution in [2.45, 2.75) is 52.4 Å². The Morgan fingerprint density at radius 3 is 2.31 bits per heavy atom. The zero-order valence-electron chi connectivity index (χ0n) is 21.5. The maximum absolute atomic E-state index is 10.2. The lowest BCUT2D eigenvalue weighted by Crippen LogP contribution is -2.30. The van der Waals surface area contributed by atoms with Crippen LogP contribution in [0.1, 0.15) is 60.4 Å². The highest BCUT2D eigenvalue weighted by atomic mass is 16.3. The molecule has 3 nitrogen and oxygen atoms in total. The van der Waals surface area contributed by atoms with E-state index in [2.05, 4.69) is 87.1 Å². The second kappa shape index (κ2) is 8.64. The highest BCUT2D eigenvalue weighted by Gasteiger charge is 2.26. The Morgan fingerprint density at radius 1 is 0.861 bits per heavy atom. The molecule has 0 saturated heterocycles. The molecule has 0 unspecified atom stereocenters. The Labute approximate surface area is 212 Å². The molecule has 0 aliphatic heterocycles. The molecule has 0 radical (unpaired) electrons. The number of fused-ring (bicyclic) bond motifs is 4. The second-order valence-electron chi connectivity index (χ2n) is 10.4. The number of nitriles is 1. The van der Waals surface area contributed by atoms with Crippen molar-refractivity contribution in [2.75, 3.05) is 0 Å². The van der Waals surface area contributed by atoms with E-state index in [9.17, 15) is 5.26 Å². The lowest BCUT2D eigenvalue weighted by molar-refractivity contribution is -0.660. The molecule has 36 heavy (non-hydrogen) atoms. The third-order valence-electron chi connectivity index (χ3n) is 7.91. The monoisotopic (exact) mass is 471 g/mol. The van der Waals surface area contributed by atoms with Crippen LogP contribution in [0.15, 0.2) is 65.2 Å². The van der Waals surface area contributed by atoms with Crippen molar-refractivity contribution in [3.05, 3.63) is 88.6 Å². The molecule has 2 heterocycles. The molecule has 2 aromatic heterocycles. The molecular weight excluding hydrogens is 440 g/mol.